The van der Waals surface area contributed by atoms with Gasteiger partial charge in [0.25, 0.3) is 0 Å². The van der Waals surface area contributed by atoms with Gasteiger partial charge in [-0.1, -0.05) is 11.3 Å². The minimum absolute atomic E-state index is 0.135. The minimum Gasteiger partial charge on any atom is -0.476 e. The van der Waals surface area contributed by atoms with Crippen LogP contribution in [0.1, 0.15) is 33.5 Å². The average molecular weight is 253 g/mol. The molecule has 1 N–H and O–H groups in total. The molecule has 0 fully saturated rings. The number of aromatic carboxylic acids is 1. The van der Waals surface area contributed by atoms with Gasteiger partial charge in [-0.2, -0.15) is 5.26 Å². The van der Waals surface area contributed by atoms with Gasteiger partial charge in [0, 0.05) is 20.5 Å². The highest BCUT2D eigenvalue weighted by molar-refractivity contribution is 7.17. The second-order valence-corrected chi connectivity index (χ2v) is 4.34. The quantitative estimate of drug-likeness (QED) is 0.797. The Kier molecular flexibility index (Phi) is 4.17. The number of nitriles is 1. The Balaban J connectivity index is 3.04. The van der Waals surface area contributed by atoms with Gasteiger partial charge in [0.15, 0.2) is 16.6 Å². The van der Waals surface area contributed by atoms with Gasteiger partial charge in [-0.3, -0.25) is 4.79 Å². The van der Waals surface area contributed by atoms with E-state index in [4.69, 9.17) is 10.4 Å². The molecule has 0 bridgehead atoms. The van der Waals surface area contributed by atoms with Gasteiger partial charge < -0.3 is 10.0 Å². The Bertz CT molecular complexity index is 458. The van der Waals surface area contributed by atoms with Gasteiger partial charge in [0.1, 0.15) is 4.88 Å². The molecule has 0 saturated carbocycles. The highest BCUT2D eigenvalue weighted by atomic mass is 32.1. The summed E-state index contributed by atoms with van der Waals surface area (Å²) in [7, 11) is 1.70. The van der Waals surface area contributed by atoms with E-state index < -0.39 is 5.97 Å². The molecule has 17 heavy (non-hydrogen) atoms. The van der Waals surface area contributed by atoms with E-state index in [-0.39, 0.29) is 16.4 Å². The number of carbonyl (C=O) groups excluding carboxylic acids is 1. The number of hydrogen-bond acceptors (Lipinski definition) is 6. The number of Topliss-reactive ketones (excluding diaryl/α,β-unsaturated/α-hetero) is 1. The molecule has 0 aromatic carbocycles. The topological polar surface area (TPSA) is 94.3 Å². The molecule has 1 aromatic heterocycles. The van der Waals surface area contributed by atoms with Gasteiger partial charge in [-0.25, -0.2) is 9.78 Å². The third-order valence-electron chi connectivity index (χ3n) is 2.02. The largest absolute Gasteiger partial charge is 0.476 e. The van der Waals surface area contributed by atoms with Gasteiger partial charge >= 0.3 is 5.97 Å². The molecule has 1 heterocycles. The molecular weight excluding hydrogens is 242 g/mol. The van der Waals surface area contributed by atoms with E-state index in [0.29, 0.717) is 18.1 Å². The first-order valence-electron chi connectivity index (χ1n) is 4.80. The van der Waals surface area contributed by atoms with Crippen molar-refractivity contribution in [2.75, 3.05) is 18.5 Å². The van der Waals surface area contributed by atoms with Crippen molar-refractivity contribution in [3.05, 3.63) is 10.6 Å². The van der Waals surface area contributed by atoms with E-state index in [1.165, 1.54) is 6.92 Å². The van der Waals surface area contributed by atoms with Crippen LogP contribution in [0, 0.1) is 11.3 Å². The molecule has 0 saturated heterocycles. The Morgan fingerprint density at radius 3 is 2.65 bits per heavy atom. The molecule has 90 valence electrons. The summed E-state index contributed by atoms with van der Waals surface area (Å²) in [5.74, 6) is -1.54. The molecule has 6 nitrogen and oxygen atoms in total. The predicted octanol–water partition coefficient (Wildman–Crippen LogP) is 1.39. The lowest BCUT2D eigenvalue weighted by Gasteiger charge is -2.12. The summed E-state index contributed by atoms with van der Waals surface area (Å²) in [4.78, 5) is 27.8. The number of carbonyl (C=O) groups is 2. The molecule has 0 aliphatic rings. The number of aromatic nitrogens is 1. The Hall–Kier alpha value is -1.94. The van der Waals surface area contributed by atoms with Gasteiger partial charge in [0.2, 0.25) is 0 Å². The number of carboxylic acids is 1. The fourth-order valence-electron chi connectivity index (χ4n) is 1.17. The molecule has 0 radical (unpaired) electrons. The molecule has 0 atom stereocenters. The van der Waals surface area contributed by atoms with Crippen LogP contribution >= 0.6 is 11.3 Å². The van der Waals surface area contributed by atoms with Crippen LogP contribution in [-0.4, -0.2) is 35.4 Å². The van der Waals surface area contributed by atoms with Crippen LogP contribution in [0.15, 0.2) is 0 Å². The number of nitrogens with zero attached hydrogens (tertiary/aromatic N) is 3. The monoisotopic (exact) mass is 253 g/mol. The SMILES string of the molecule is CC(=O)c1sc(N(C)CCC#N)nc1C(=O)O. The van der Waals surface area contributed by atoms with E-state index >= 15 is 0 Å². The fourth-order valence-corrected chi connectivity index (χ4v) is 2.11. The van der Waals surface area contributed by atoms with Crippen molar-refractivity contribution >= 4 is 28.2 Å². The molecule has 0 amide bonds. The summed E-state index contributed by atoms with van der Waals surface area (Å²) in [5, 5.41) is 17.8. The zero-order valence-corrected chi connectivity index (χ0v) is 10.2. The molecule has 0 aliphatic carbocycles. The zero-order chi connectivity index (χ0) is 13.0. The van der Waals surface area contributed by atoms with Crippen molar-refractivity contribution in [2.24, 2.45) is 0 Å². The van der Waals surface area contributed by atoms with Crippen LogP contribution in [0.5, 0.6) is 0 Å². The summed E-state index contributed by atoms with van der Waals surface area (Å²) >= 11 is 1.03. The molecular formula is C10H11N3O3S. The fraction of sp³-hybridized carbons (Fsp3) is 0.400. The third kappa shape index (κ3) is 3.01. The summed E-state index contributed by atoms with van der Waals surface area (Å²) in [5.41, 5.74) is -0.221. The van der Waals surface area contributed by atoms with Gasteiger partial charge in [0.05, 0.1) is 12.5 Å². The standard InChI is InChI=1S/C10H11N3O3S/c1-6(14)8-7(9(15)16)12-10(17-8)13(2)5-3-4-11/h3,5H2,1-2H3,(H,15,16). The number of ketones is 1. The van der Waals surface area contributed by atoms with Gasteiger partial charge in [-0.15, -0.1) is 0 Å². The third-order valence-corrected chi connectivity index (χ3v) is 3.29. The van der Waals surface area contributed by atoms with E-state index in [0.717, 1.165) is 11.3 Å². The lowest BCUT2D eigenvalue weighted by molar-refractivity contribution is 0.0687. The number of carboxylic acid groups (broad SMARTS) is 1. The van der Waals surface area contributed by atoms with Crippen LogP contribution in [0.25, 0.3) is 0 Å². The first-order chi connectivity index (χ1) is 7.97. The van der Waals surface area contributed by atoms with Crippen molar-refractivity contribution in [3.63, 3.8) is 0 Å². The first kappa shape index (κ1) is 13.1. The van der Waals surface area contributed by atoms with E-state index in [9.17, 15) is 9.59 Å². The van der Waals surface area contributed by atoms with Gasteiger partial charge in [-0.05, 0) is 0 Å². The van der Waals surface area contributed by atoms with Crippen molar-refractivity contribution in [1.29, 1.82) is 5.26 Å². The summed E-state index contributed by atoms with van der Waals surface area (Å²) in [6, 6.07) is 1.99. The van der Waals surface area contributed by atoms with Crippen LogP contribution < -0.4 is 4.90 Å². The lowest BCUT2D eigenvalue weighted by atomic mass is 10.3. The molecule has 0 spiro atoms. The van der Waals surface area contributed by atoms with Crippen molar-refractivity contribution in [2.45, 2.75) is 13.3 Å². The van der Waals surface area contributed by atoms with Crippen LogP contribution in [0.4, 0.5) is 5.13 Å². The Labute approximate surface area is 102 Å². The average Bonchev–Trinajstić information content (AvgIpc) is 2.70. The number of anilines is 1. The number of thiazole rings is 1. The Morgan fingerprint density at radius 1 is 1.59 bits per heavy atom. The molecule has 0 unspecified atom stereocenters. The van der Waals surface area contributed by atoms with Crippen molar-refractivity contribution < 1.29 is 14.7 Å². The molecule has 0 aliphatic heterocycles. The van der Waals surface area contributed by atoms with Crippen LogP contribution in [-0.2, 0) is 0 Å². The summed E-state index contributed by atoms with van der Waals surface area (Å²) in [6.07, 6.45) is 0.313. The minimum atomic E-state index is -1.22. The highest BCUT2D eigenvalue weighted by Gasteiger charge is 2.21. The van der Waals surface area contributed by atoms with E-state index in [1.807, 2.05) is 6.07 Å². The summed E-state index contributed by atoms with van der Waals surface area (Å²) < 4.78 is 0. The first-order valence-corrected chi connectivity index (χ1v) is 5.62. The summed E-state index contributed by atoms with van der Waals surface area (Å²) in [6.45, 7) is 1.75. The van der Waals surface area contributed by atoms with E-state index in [2.05, 4.69) is 4.98 Å². The van der Waals surface area contributed by atoms with Crippen molar-refractivity contribution in [1.82, 2.24) is 4.98 Å². The number of hydrogen-bond donors (Lipinski definition) is 1. The van der Waals surface area contributed by atoms with Crippen LogP contribution in [0.3, 0.4) is 0 Å². The second-order valence-electron chi connectivity index (χ2n) is 3.37. The molecule has 7 heteroatoms. The maximum absolute atomic E-state index is 11.3. The smallest absolute Gasteiger partial charge is 0.356 e. The maximum atomic E-state index is 11.3. The maximum Gasteiger partial charge on any atom is 0.356 e. The molecule has 1 rings (SSSR count). The van der Waals surface area contributed by atoms with E-state index in [1.54, 1.807) is 11.9 Å². The second kappa shape index (κ2) is 5.41. The number of rotatable bonds is 5. The molecule has 1 aromatic rings. The highest BCUT2D eigenvalue weighted by Crippen LogP contribution is 2.26. The van der Waals surface area contributed by atoms with Crippen LogP contribution in [0.2, 0.25) is 0 Å². The zero-order valence-electron chi connectivity index (χ0n) is 9.43. The predicted molar refractivity (Wildman–Crippen MR) is 62.6 cm³/mol. The van der Waals surface area contributed by atoms with Crippen molar-refractivity contribution in [3.8, 4) is 6.07 Å². The normalized spacial score (nSPS) is 9.71. The Morgan fingerprint density at radius 2 is 2.24 bits per heavy atom. The lowest BCUT2D eigenvalue weighted by Crippen LogP contribution is -2.17.